The van der Waals surface area contributed by atoms with Crippen molar-refractivity contribution >= 4 is 17.8 Å². The Morgan fingerprint density at radius 1 is 1.13 bits per heavy atom. The van der Waals surface area contributed by atoms with Crippen molar-refractivity contribution in [3.8, 4) is 0 Å². The van der Waals surface area contributed by atoms with Gasteiger partial charge in [0.15, 0.2) is 0 Å². The average molecular weight is 428 g/mol. The summed E-state index contributed by atoms with van der Waals surface area (Å²) in [6.45, 7) is 8.78. The molecule has 2 amide bonds. The van der Waals surface area contributed by atoms with Gasteiger partial charge in [-0.05, 0) is 58.2 Å². The van der Waals surface area contributed by atoms with Crippen LogP contribution >= 0.6 is 0 Å². The Kier molecular flexibility index (Phi) is 7.68. The molecule has 0 atom stereocenters. The molecule has 1 aromatic carbocycles. The van der Waals surface area contributed by atoms with E-state index in [9.17, 15) is 9.59 Å². The van der Waals surface area contributed by atoms with Crippen molar-refractivity contribution < 1.29 is 14.3 Å². The number of carbonyl (C=O) groups excluding carboxylic acids is 2. The number of carbonyl (C=O) groups is 2. The van der Waals surface area contributed by atoms with E-state index in [4.69, 9.17) is 4.74 Å². The Bertz CT molecular complexity index is 852. The van der Waals surface area contributed by atoms with E-state index in [0.29, 0.717) is 31.4 Å². The zero-order chi connectivity index (χ0) is 22.3. The predicted octanol–water partition coefficient (Wildman–Crippen LogP) is 3.11. The van der Waals surface area contributed by atoms with E-state index >= 15 is 0 Å². The van der Waals surface area contributed by atoms with E-state index in [1.54, 1.807) is 10.9 Å². The molecule has 0 radical (unpaired) electrons. The van der Waals surface area contributed by atoms with E-state index in [1.807, 2.05) is 57.2 Å². The monoisotopic (exact) mass is 427 g/mol. The number of anilines is 1. The fourth-order valence-electron chi connectivity index (χ4n) is 3.60. The van der Waals surface area contributed by atoms with Gasteiger partial charge >= 0.3 is 6.09 Å². The van der Waals surface area contributed by atoms with Gasteiger partial charge in [0.05, 0.1) is 19.3 Å². The predicted molar refractivity (Wildman–Crippen MR) is 120 cm³/mol. The fraction of sp³-hybridized carbons (Fsp3) is 0.522. The Morgan fingerprint density at radius 3 is 2.52 bits per heavy atom. The Labute approximate surface area is 183 Å². The third-order valence-corrected chi connectivity index (χ3v) is 5.17. The lowest BCUT2D eigenvalue weighted by Crippen LogP contribution is -2.42. The van der Waals surface area contributed by atoms with Crippen molar-refractivity contribution in [1.29, 1.82) is 0 Å². The molecule has 0 saturated carbocycles. The highest BCUT2D eigenvalue weighted by molar-refractivity contribution is 5.91. The van der Waals surface area contributed by atoms with Crippen LogP contribution < -0.4 is 10.6 Å². The Balaban J connectivity index is 1.39. The van der Waals surface area contributed by atoms with Crippen molar-refractivity contribution in [2.75, 3.05) is 31.5 Å². The first-order chi connectivity index (χ1) is 14.8. The largest absolute Gasteiger partial charge is 0.444 e. The normalized spacial score (nSPS) is 15.5. The Hall–Kier alpha value is -2.87. The lowest BCUT2D eigenvalue weighted by atomic mass is 9.97. The molecule has 2 aromatic rings. The summed E-state index contributed by atoms with van der Waals surface area (Å²) >= 11 is 0. The first-order valence-electron chi connectivity index (χ1n) is 10.8. The molecular weight excluding hydrogens is 394 g/mol. The second-order valence-electron chi connectivity index (χ2n) is 9.01. The third kappa shape index (κ3) is 7.71. The topological polar surface area (TPSA) is 88.5 Å². The highest BCUT2D eigenvalue weighted by atomic mass is 16.6. The van der Waals surface area contributed by atoms with E-state index in [0.717, 1.165) is 31.5 Å². The standard InChI is InChI=1S/C23H33N5O3/c1-23(2,3)31-22(30)24-15-18-10-13-27(14-11-18)17-21(29)26-20-9-12-25-28(20)16-19-7-5-4-6-8-19/h4-9,12,18H,10-11,13-17H2,1-3H3,(H,24,30)(H,26,29). The summed E-state index contributed by atoms with van der Waals surface area (Å²) in [5.74, 6) is 1.06. The van der Waals surface area contributed by atoms with Gasteiger partial charge < -0.3 is 15.4 Å². The maximum absolute atomic E-state index is 12.5. The lowest BCUT2D eigenvalue weighted by molar-refractivity contribution is -0.117. The van der Waals surface area contributed by atoms with E-state index in [-0.39, 0.29) is 12.0 Å². The molecule has 0 aliphatic carbocycles. The fourth-order valence-corrected chi connectivity index (χ4v) is 3.60. The number of ether oxygens (including phenoxy) is 1. The quantitative estimate of drug-likeness (QED) is 0.709. The zero-order valence-electron chi connectivity index (χ0n) is 18.6. The van der Waals surface area contributed by atoms with Crippen LogP contribution in [0.3, 0.4) is 0 Å². The molecule has 2 heterocycles. The summed E-state index contributed by atoms with van der Waals surface area (Å²) < 4.78 is 7.07. The molecule has 168 valence electrons. The van der Waals surface area contributed by atoms with Gasteiger partial charge in [0.1, 0.15) is 11.4 Å². The molecule has 8 heteroatoms. The van der Waals surface area contributed by atoms with Gasteiger partial charge in [-0.25, -0.2) is 9.48 Å². The summed E-state index contributed by atoms with van der Waals surface area (Å²) in [6.07, 6.45) is 3.20. The van der Waals surface area contributed by atoms with Crippen molar-refractivity contribution in [2.24, 2.45) is 5.92 Å². The molecule has 0 unspecified atom stereocenters. The van der Waals surface area contributed by atoms with Gasteiger partial charge in [-0.2, -0.15) is 5.10 Å². The second kappa shape index (κ2) is 10.4. The SMILES string of the molecule is CC(C)(C)OC(=O)NCC1CCN(CC(=O)Nc2ccnn2Cc2ccccc2)CC1. The van der Waals surface area contributed by atoms with Crippen LogP contribution in [-0.2, 0) is 16.1 Å². The minimum atomic E-state index is -0.489. The van der Waals surface area contributed by atoms with Crippen molar-refractivity contribution in [1.82, 2.24) is 20.0 Å². The van der Waals surface area contributed by atoms with Crippen LogP contribution in [0.2, 0.25) is 0 Å². The minimum Gasteiger partial charge on any atom is -0.444 e. The molecule has 0 bridgehead atoms. The Morgan fingerprint density at radius 2 is 1.84 bits per heavy atom. The van der Waals surface area contributed by atoms with Gasteiger partial charge in [-0.1, -0.05) is 30.3 Å². The highest BCUT2D eigenvalue weighted by Gasteiger charge is 2.23. The number of benzene rings is 1. The van der Waals surface area contributed by atoms with Crippen LogP contribution in [0.4, 0.5) is 10.6 Å². The summed E-state index contributed by atoms with van der Waals surface area (Å²) in [5.41, 5.74) is 0.640. The zero-order valence-corrected chi connectivity index (χ0v) is 18.6. The second-order valence-corrected chi connectivity index (χ2v) is 9.01. The van der Waals surface area contributed by atoms with Crippen LogP contribution in [0.25, 0.3) is 0 Å². The number of piperidine rings is 1. The van der Waals surface area contributed by atoms with Crippen molar-refractivity contribution in [3.63, 3.8) is 0 Å². The van der Waals surface area contributed by atoms with Gasteiger partial charge in [-0.15, -0.1) is 0 Å². The van der Waals surface area contributed by atoms with Gasteiger partial charge in [0, 0.05) is 12.6 Å². The summed E-state index contributed by atoms with van der Waals surface area (Å²) in [6, 6.07) is 11.8. The molecule has 1 aliphatic rings. The molecule has 1 aromatic heterocycles. The summed E-state index contributed by atoms with van der Waals surface area (Å²) in [5, 5.41) is 10.2. The molecule has 0 spiro atoms. The molecule has 1 saturated heterocycles. The number of nitrogens with one attached hydrogen (secondary N) is 2. The molecule has 1 fully saturated rings. The van der Waals surface area contributed by atoms with Gasteiger partial charge in [0.25, 0.3) is 0 Å². The van der Waals surface area contributed by atoms with Crippen LogP contribution in [0.1, 0.15) is 39.2 Å². The van der Waals surface area contributed by atoms with Crippen LogP contribution in [-0.4, -0.2) is 58.5 Å². The number of hydrogen-bond donors (Lipinski definition) is 2. The van der Waals surface area contributed by atoms with E-state index < -0.39 is 5.60 Å². The number of nitrogens with zero attached hydrogens (tertiary/aromatic N) is 3. The number of hydrogen-bond acceptors (Lipinski definition) is 5. The van der Waals surface area contributed by atoms with E-state index in [1.165, 1.54) is 0 Å². The number of amides is 2. The first kappa shape index (κ1) is 22.8. The summed E-state index contributed by atoms with van der Waals surface area (Å²) in [4.78, 5) is 26.5. The maximum Gasteiger partial charge on any atom is 0.407 e. The molecular formula is C23H33N5O3. The van der Waals surface area contributed by atoms with Crippen LogP contribution in [0, 0.1) is 5.92 Å². The number of rotatable bonds is 7. The third-order valence-electron chi connectivity index (χ3n) is 5.17. The highest BCUT2D eigenvalue weighted by Crippen LogP contribution is 2.17. The van der Waals surface area contributed by atoms with Crippen molar-refractivity contribution in [2.45, 2.75) is 45.8 Å². The first-order valence-corrected chi connectivity index (χ1v) is 10.8. The number of aromatic nitrogens is 2. The molecule has 8 nitrogen and oxygen atoms in total. The molecule has 31 heavy (non-hydrogen) atoms. The van der Waals surface area contributed by atoms with Gasteiger partial charge in [0.2, 0.25) is 5.91 Å². The van der Waals surface area contributed by atoms with Gasteiger partial charge in [-0.3, -0.25) is 9.69 Å². The summed E-state index contributed by atoms with van der Waals surface area (Å²) in [7, 11) is 0. The number of alkyl carbamates (subject to hydrolysis) is 1. The van der Waals surface area contributed by atoms with Crippen LogP contribution in [0.15, 0.2) is 42.6 Å². The van der Waals surface area contributed by atoms with E-state index in [2.05, 4.69) is 20.6 Å². The molecule has 1 aliphatic heterocycles. The maximum atomic E-state index is 12.5. The average Bonchev–Trinajstić information content (AvgIpc) is 3.13. The molecule has 3 rings (SSSR count). The minimum absolute atomic E-state index is 0.0415. The lowest BCUT2D eigenvalue weighted by Gasteiger charge is -2.31. The van der Waals surface area contributed by atoms with Crippen molar-refractivity contribution in [3.05, 3.63) is 48.2 Å². The number of likely N-dealkylation sites (tertiary alicyclic amines) is 1. The molecule has 2 N–H and O–H groups in total. The van der Waals surface area contributed by atoms with Crippen LogP contribution in [0.5, 0.6) is 0 Å². The smallest absolute Gasteiger partial charge is 0.407 e.